The number of aromatic carboxylic acids is 1. The lowest BCUT2D eigenvalue weighted by Gasteiger charge is -2.64. The first-order valence-corrected chi connectivity index (χ1v) is 12.3. The number of benzene rings is 1. The highest BCUT2D eigenvalue weighted by Crippen LogP contribution is 2.65. The molecule has 1 amide bonds. The number of nitrogens with one attached hydrogen (secondary N) is 1. The number of aromatic hydroxyl groups is 1. The van der Waals surface area contributed by atoms with Gasteiger partial charge in [-0.25, -0.2) is 9.48 Å². The minimum Gasteiger partial charge on any atom is -0.507 e. The molecule has 11 nitrogen and oxygen atoms in total. The van der Waals surface area contributed by atoms with E-state index in [0.29, 0.717) is 23.1 Å². The zero-order chi connectivity index (χ0) is 25.8. The van der Waals surface area contributed by atoms with Gasteiger partial charge < -0.3 is 30.6 Å². The number of para-hydroxylation sites is 1. The first kappa shape index (κ1) is 24.7. The van der Waals surface area contributed by atoms with E-state index in [2.05, 4.69) is 36.4 Å². The van der Waals surface area contributed by atoms with E-state index in [0.717, 1.165) is 12.8 Å². The second-order valence-corrected chi connectivity index (χ2v) is 10.9. The number of rotatable bonds is 8. The third kappa shape index (κ3) is 4.06. The van der Waals surface area contributed by atoms with E-state index in [1.807, 2.05) is 0 Å². The summed E-state index contributed by atoms with van der Waals surface area (Å²) in [7, 11) is -0.762. The highest BCUT2D eigenvalue weighted by molar-refractivity contribution is 6.48. The molecule has 3 saturated carbocycles. The van der Waals surface area contributed by atoms with Gasteiger partial charge in [0.1, 0.15) is 17.9 Å². The van der Waals surface area contributed by atoms with Gasteiger partial charge in [-0.3, -0.25) is 4.79 Å². The normalized spacial score (nSPS) is 28.8. The highest BCUT2D eigenvalue weighted by Gasteiger charge is 2.68. The molecule has 5 atom stereocenters. The molecule has 12 heteroatoms. The Bertz CT molecular complexity index is 1190. The van der Waals surface area contributed by atoms with Crippen molar-refractivity contribution in [1.82, 2.24) is 20.3 Å². The van der Waals surface area contributed by atoms with Crippen LogP contribution < -0.4 is 11.1 Å². The summed E-state index contributed by atoms with van der Waals surface area (Å²) >= 11 is 0. The molecular formula is C24H32BN5O6. The number of aromatic nitrogens is 3. The molecule has 1 aromatic heterocycles. The van der Waals surface area contributed by atoms with Crippen LogP contribution in [0.15, 0.2) is 24.4 Å². The van der Waals surface area contributed by atoms with Crippen molar-refractivity contribution in [2.75, 3.05) is 0 Å². The first-order valence-electron chi connectivity index (χ1n) is 12.3. The number of nitrogens with zero attached hydrogens (tertiary/aromatic N) is 3. The van der Waals surface area contributed by atoms with Gasteiger partial charge in [0.2, 0.25) is 5.91 Å². The van der Waals surface area contributed by atoms with Crippen LogP contribution in [0.3, 0.4) is 0 Å². The predicted octanol–water partition coefficient (Wildman–Crippen LogP) is 1.14. The van der Waals surface area contributed by atoms with Gasteiger partial charge in [0.05, 0.1) is 29.5 Å². The molecule has 1 saturated heterocycles. The summed E-state index contributed by atoms with van der Waals surface area (Å²) < 4.78 is 14.4. The lowest BCUT2D eigenvalue weighted by molar-refractivity contribution is -0.199. The number of carbonyl (C=O) groups excluding carboxylic acids is 1. The van der Waals surface area contributed by atoms with Crippen LogP contribution in [0.5, 0.6) is 5.75 Å². The Morgan fingerprint density at radius 2 is 2.11 bits per heavy atom. The Morgan fingerprint density at radius 1 is 1.33 bits per heavy atom. The van der Waals surface area contributed by atoms with Gasteiger partial charge in [0, 0.05) is 6.54 Å². The summed E-state index contributed by atoms with van der Waals surface area (Å²) in [6.07, 6.45) is 3.60. The van der Waals surface area contributed by atoms with Gasteiger partial charge in [0.25, 0.3) is 0 Å². The summed E-state index contributed by atoms with van der Waals surface area (Å²) in [4.78, 5) is 24.5. The van der Waals surface area contributed by atoms with Crippen LogP contribution in [0, 0.1) is 17.3 Å². The van der Waals surface area contributed by atoms with Gasteiger partial charge in [-0.1, -0.05) is 31.2 Å². The molecule has 1 aromatic carbocycles. The van der Waals surface area contributed by atoms with Gasteiger partial charge >= 0.3 is 13.1 Å². The number of hydrogen-bond acceptors (Lipinski definition) is 8. The van der Waals surface area contributed by atoms with Crippen molar-refractivity contribution in [3.8, 4) is 5.75 Å². The van der Waals surface area contributed by atoms with E-state index in [1.165, 1.54) is 10.7 Å². The second-order valence-electron chi connectivity index (χ2n) is 10.9. The molecule has 5 N–H and O–H groups in total. The van der Waals surface area contributed by atoms with Crippen molar-refractivity contribution < 1.29 is 29.1 Å². The van der Waals surface area contributed by atoms with Crippen molar-refractivity contribution >= 4 is 19.0 Å². The Hall–Kier alpha value is -2.96. The van der Waals surface area contributed by atoms with Crippen LogP contribution >= 0.6 is 0 Å². The minimum absolute atomic E-state index is 0.0875. The summed E-state index contributed by atoms with van der Waals surface area (Å²) in [6.45, 7) is 6.75. The summed E-state index contributed by atoms with van der Waals surface area (Å²) in [5.41, 5.74) is 5.99. The molecular weight excluding hydrogens is 465 g/mol. The number of phenols is 1. The molecule has 3 aliphatic carbocycles. The molecule has 0 radical (unpaired) electrons. The minimum atomic E-state index is -1.23. The lowest BCUT2D eigenvalue weighted by Crippen LogP contribution is -2.65. The summed E-state index contributed by atoms with van der Waals surface area (Å²) in [6, 6.07) is 4.54. The van der Waals surface area contributed by atoms with E-state index in [4.69, 9.17) is 15.0 Å². The van der Waals surface area contributed by atoms with Crippen LogP contribution in [0.1, 0.15) is 55.2 Å². The van der Waals surface area contributed by atoms with Crippen molar-refractivity contribution in [2.24, 2.45) is 23.0 Å². The maximum Gasteiger partial charge on any atom is 0.482 e. The monoisotopic (exact) mass is 497 g/mol. The third-order valence-electron chi connectivity index (χ3n) is 8.53. The fourth-order valence-electron chi connectivity index (χ4n) is 6.36. The van der Waals surface area contributed by atoms with E-state index in [1.54, 1.807) is 18.3 Å². The molecule has 6 rings (SSSR count). The Balaban J connectivity index is 1.39. The number of nitrogens with two attached hydrogens (primary N) is 1. The molecule has 1 aliphatic heterocycles. The predicted molar refractivity (Wildman–Crippen MR) is 129 cm³/mol. The molecule has 0 spiro atoms. The molecule has 192 valence electrons. The topological polar surface area (TPSA) is 162 Å². The van der Waals surface area contributed by atoms with Crippen molar-refractivity contribution in [2.45, 2.75) is 70.8 Å². The molecule has 2 bridgehead atoms. The maximum absolute atomic E-state index is 13.0. The quantitative estimate of drug-likeness (QED) is 0.392. The standard InChI is InChI=1S/C24H32BN5O6/c1-23(2)14-8-17(23)24(3)18(9-14)35-25(36-24)19(7-13-5-4-6-16(21(13)32)22(33)34)27-20(31)12-30-11-15(10-26)28-29-30/h4-6,11,14,17-19,32H,7-10,12,26H2,1-3H3,(H,27,31)(H,33,34)/t14-,17-,18?,19?,24-/m0/s1. The molecule has 36 heavy (non-hydrogen) atoms. The van der Waals surface area contributed by atoms with Gasteiger partial charge in [0.15, 0.2) is 0 Å². The molecule has 4 aliphatic rings. The maximum atomic E-state index is 13.0. The third-order valence-corrected chi connectivity index (χ3v) is 8.53. The average molecular weight is 497 g/mol. The van der Waals surface area contributed by atoms with Gasteiger partial charge in [-0.05, 0) is 55.1 Å². The van der Waals surface area contributed by atoms with Crippen LogP contribution in [0.2, 0.25) is 0 Å². The van der Waals surface area contributed by atoms with Crippen molar-refractivity contribution in [3.05, 3.63) is 41.2 Å². The van der Waals surface area contributed by atoms with Gasteiger partial charge in [-0.15, -0.1) is 5.10 Å². The number of carbonyl (C=O) groups is 2. The molecule has 2 heterocycles. The smallest absolute Gasteiger partial charge is 0.482 e. The summed E-state index contributed by atoms with van der Waals surface area (Å²) in [5.74, 6) is -1.68. The average Bonchev–Trinajstić information content (AvgIpc) is 3.42. The number of carboxylic acid groups (broad SMARTS) is 1. The van der Waals surface area contributed by atoms with Crippen molar-refractivity contribution in [1.29, 1.82) is 0 Å². The fourth-order valence-corrected chi connectivity index (χ4v) is 6.36. The van der Waals surface area contributed by atoms with Gasteiger partial charge in [-0.2, -0.15) is 0 Å². The Kier molecular flexibility index (Phi) is 6.08. The molecule has 4 fully saturated rings. The van der Waals surface area contributed by atoms with E-state index in [-0.39, 0.29) is 48.2 Å². The van der Waals surface area contributed by atoms with E-state index in [9.17, 15) is 19.8 Å². The van der Waals surface area contributed by atoms with E-state index < -0.39 is 24.6 Å². The summed E-state index contributed by atoms with van der Waals surface area (Å²) in [5, 5.41) is 30.8. The highest BCUT2D eigenvalue weighted by atomic mass is 16.7. The SMILES string of the molecule is CC1(C)[C@@H]2CC3OB(C(Cc4cccc(C(=O)O)c4O)NC(=O)Cn4cc(CN)nn4)O[C@@]3(C)[C@H]1C2. The Morgan fingerprint density at radius 3 is 2.78 bits per heavy atom. The zero-order valence-electron chi connectivity index (χ0n) is 20.7. The number of hydrogen-bond donors (Lipinski definition) is 4. The molecule has 2 unspecified atom stereocenters. The van der Waals surface area contributed by atoms with Crippen molar-refractivity contribution in [3.63, 3.8) is 0 Å². The number of amides is 1. The Labute approximate surface area is 209 Å². The second kappa shape index (κ2) is 8.86. The largest absolute Gasteiger partial charge is 0.507 e. The van der Waals surface area contributed by atoms with Crippen LogP contribution in [0.4, 0.5) is 0 Å². The first-order chi connectivity index (χ1) is 17.0. The zero-order valence-corrected chi connectivity index (χ0v) is 20.7. The molecule has 2 aromatic rings. The van der Waals surface area contributed by atoms with E-state index >= 15 is 0 Å². The lowest BCUT2D eigenvalue weighted by atomic mass is 9.43. The van der Waals surface area contributed by atoms with Crippen LogP contribution in [-0.4, -0.2) is 61.8 Å². The number of carboxylic acids is 1. The van der Waals surface area contributed by atoms with Crippen LogP contribution in [-0.2, 0) is 33.6 Å². The van der Waals surface area contributed by atoms with Crippen LogP contribution in [0.25, 0.3) is 0 Å². The fraction of sp³-hybridized carbons (Fsp3) is 0.583.